The Morgan fingerprint density at radius 1 is 0.683 bits per heavy atom. The van der Waals surface area contributed by atoms with E-state index in [1.807, 2.05) is 27.2 Å². The Hall–Kier alpha value is -9.68. The number of carbonyl (C=O) groups is 10. The van der Waals surface area contributed by atoms with E-state index in [2.05, 4.69) is 57.5 Å². The Balaban J connectivity index is 1.06. The summed E-state index contributed by atoms with van der Waals surface area (Å²) in [6.07, 6.45) is 6.05. The van der Waals surface area contributed by atoms with Gasteiger partial charge in [-0.15, -0.1) is 0 Å². The van der Waals surface area contributed by atoms with E-state index in [1.165, 1.54) is 104 Å². The number of carboxylic acids is 1. The SMILES string of the molecule is COc1ccc(C[C@@H]2NC(=O)[C@H](Cc3ncc[nH]3)NC(=O)[C@H](CC(=O)O)NC(=O)[C@H](Cc3c[nH]c4ccc(F)cc34)NC(=O)[C@H](CC3=CCc4ccc(F)cc43)NC(=O)[C@@H](C)NC(=O)[C@H](CCCC[N+](C)(C)C)NC(=O)CCSCc3cc(F)cc(c3)CSCCNC(=O)[C@]3(C)CCCN3C2=O)cc1. The van der Waals surface area contributed by atoms with Gasteiger partial charge >= 0.3 is 5.97 Å². The van der Waals surface area contributed by atoms with Crippen LogP contribution in [-0.4, -0.2) is 196 Å². The topological polar surface area (TPSA) is 344 Å². The number of benzene rings is 4. The number of carboxylic acid groups (broad SMARTS) is 1. The fraction of sp³-hybridized carbons (Fsp3) is 0.446. The lowest BCUT2D eigenvalue weighted by Gasteiger charge is -2.36. The van der Waals surface area contributed by atoms with E-state index in [0.717, 1.165) is 6.54 Å². The number of aromatic nitrogens is 3. The molecule has 2 aromatic heterocycles. The molecule has 4 heterocycles. The smallest absolute Gasteiger partial charge is 0.305 e. The number of ether oxygens (including phenoxy) is 1. The first-order valence-corrected chi connectivity index (χ1v) is 36.9. The van der Waals surface area contributed by atoms with Crippen molar-refractivity contribution in [3.05, 3.63) is 160 Å². The number of methoxy groups -OCH3 is 1. The van der Waals surface area contributed by atoms with Gasteiger partial charge in [-0.3, -0.25) is 47.9 Å². The van der Waals surface area contributed by atoms with Gasteiger partial charge in [0.2, 0.25) is 53.2 Å². The average Bonchev–Trinajstić information content (AvgIpc) is 1.62. The second-order valence-corrected chi connectivity index (χ2v) is 29.9. The Morgan fingerprint density at radius 2 is 1.32 bits per heavy atom. The molecule has 104 heavy (non-hydrogen) atoms. The number of nitrogens with zero attached hydrogens (tertiary/aromatic N) is 3. The van der Waals surface area contributed by atoms with Gasteiger partial charge in [0, 0.05) is 97.7 Å². The molecule has 1 aliphatic carbocycles. The van der Waals surface area contributed by atoms with Crippen LogP contribution in [0.15, 0.2) is 104 Å². The number of aliphatic carboxylic acids is 1. The molecular weight excluding hydrogens is 1380 g/mol. The van der Waals surface area contributed by atoms with Crippen LogP contribution in [0.1, 0.15) is 104 Å². The van der Waals surface area contributed by atoms with Gasteiger partial charge in [0.15, 0.2) is 0 Å². The number of amides is 9. The zero-order chi connectivity index (χ0) is 74.8. The molecule has 0 spiro atoms. The Labute approximate surface area is 609 Å². The molecule has 2 aliphatic heterocycles. The summed E-state index contributed by atoms with van der Waals surface area (Å²) in [5.41, 5.74) is 2.79. The minimum Gasteiger partial charge on any atom is -0.497 e. The number of fused-ring (bicyclic) bond motifs is 5. The van der Waals surface area contributed by atoms with Gasteiger partial charge in [-0.05, 0) is 146 Å². The normalized spacial score (nSPS) is 23.0. The van der Waals surface area contributed by atoms with E-state index in [1.54, 1.807) is 43.3 Å². The van der Waals surface area contributed by atoms with Crippen LogP contribution in [0.3, 0.4) is 0 Å². The highest BCUT2D eigenvalue weighted by atomic mass is 32.2. The lowest BCUT2D eigenvalue weighted by molar-refractivity contribution is -0.870. The van der Waals surface area contributed by atoms with Crippen molar-refractivity contribution < 1.29 is 75.4 Å². The molecule has 0 saturated carbocycles. The third-order valence-electron chi connectivity index (χ3n) is 18.6. The molecule has 556 valence electrons. The molecule has 9 amide bonds. The molecule has 1 fully saturated rings. The Bertz CT molecular complexity index is 4140. The number of carbonyl (C=O) groups excluding carboxylic acids is 9. The lowest BCUT2D eigenvalue weighted by Crippen LogP contribution is -2.62. The van der Waals surface area contributed by atoms with Gasteiger partial charge in [0.25, 0.3) is 0 Å². The molecule has 25 nitrogen and oxygen atoms in total. The van der Waals surface area contributed by atoms with E-state index >= 15 is 32.3 Å². The molecule has 3 aliphatic rings. The van der Waals surface area contributed by atoms with Crippen LogP contribution in [0.5, 0.6) is 5.75 Å². The van der Waals surface area contributed by atoms with Crippen LogP contribution in [0, 0.1) is 17.5 Å². The molecule has 11 N–H and O–H groups in total. The summed E-state index contributed by atoms with van der Waals surface area (Å²) in [5.74, 6) is -8.66. The highest BCUT2D eigenvalue weighted by Gasteiger charge is 2.48. The quantitative estimate of drug-likeness (QED) is 0.0438. The van der Waals surface area contributed by atoms with E-state index in [-0.39, 0.29) is 68.4 Å². The number of H-pyrrole nitrogens is 2. The van der Waals surface area contributed by atoms with Crippen molar-refractivity contribution in [2.45, 2.75) is 150 Å². The number of halogens is 3. The van der Waals surface area contributed by atoms with Gasteiger partial charge in [0.1, 0.15) is 76.9 Å². The number of rotatable bonds is 16. The molecule has 1 saturated heterocycles. The predicted octanol–water partition coefficient (Wildman–Crippen LogP) is 5.21. The van der Waals surface area contributed by atoms with Crippen LogP contribution >= 0.6 is 23.5 Å². The number of unbranched alkanes of at least 4 members (excludes halogenated alkanes) is 1. The number of aromatic amines is 2. The number of quaternary nitrogens is 1. The summed E-state index contributed by atoms with van der Waals surface area (Å²) in [6.45, 7) is 4.06. The van der Waals surface area contributed by atoms with Crippen molar-refractivity contribution in [1.82, 2.24) is 62.4 Å². The van der Waals surface area contributed by atoms with Gasteiger partial charge in [-0.1, -0.05) is 30.3 Å². The maximum Gasteiger partial charge on any atom is 0.305 e. The fourth-order valence-corrected chi connectivity index (χ4v) is 14.6. The van der Waals surface area contributed by atoms with Crippen molar-refractivity contribution in [2.75, 3.05) is 59.4 Å². The van der Waals surface area contributed by atoms with Gasteiger partial charge in [-0.2, -0.15) is 23.5 Å². The summed E-state index contributed by atoms with van der Waals surface area (Å²) < 4.78 is 51.2. The average molecular weight is 1480 g/mol. The minimum atomic E-state index is -2.01. The molecule has 4 aromatic carbocycles. The van der Waals surface area contributed by atoms with Crippen molar-refractivity contribution in [1.29, 1.82) is 0 Å². The van der Waals surface area contributed by atoms with E-state index in [9.17, 15) is 33.9 Å². The van der Waals surface area contributed by atoms with Crippen molar-refractivity contribution in [3.8, 4) is 5.75 Å². The number of allylic oxidation sites excluding steroid dienone is 1. The third-order valence-corrected chi connectivity index (χ3v) is 20.6. The Kier molecular flexibility index (Phi) is 27.3. The summed E-state index contributed by atoms with van der Waals surface area (Å²) in [6, 6.07) is 8.43. The van der Waals surface area contributed by atoms with E-state index < -0.39 is 137 Å². The summed E-state index contributed by atoms with van der Waals surface area (Å²) >= 11 is 2.84. The van der Waals surface area contributed by atoms with Crippen molar-refractivity contribution in [3.63, 3.8) is 0 Å². The molecule has 6 aromatic rings. The molecule has 0 unspecified atom stereocenters. The molecule has 9 rings (SSSR count). The lowest BCUT2D eigenvalue weighted by atomic mass is 9.95. The summed E-state index contributed by atoms with van der Waals surface area (Å²) in [4.78, 5) is 157. The van der Waals surface area contributed by atoms with E-state index in [0.29, 0.717) is 97.8 Å². The fourth-order valence-electron chi connectivity index (χ4n) is 13.0. The molecule has 8 atom stereocenters. The number of hydrogen-bond donors (Lipinski definition) is 11. The molecule has 30 heteroatoms. The van der Waals surface area contributed by atoms with Crippen molar-refractivity contribution >= 4 is 99.1 Å². The van der Waals surface area contributed by atoms with Crippen LogP contribution in [-0.2, 0) is 85.1 Å². The van der Waals surface area contributed by atoms with Gasteiger partial charge in [-0.25, -0.2) is 18.2 Å². The standard InChI is InChI=1S/C74H90F3N13O12S2/c1-43-66(94)84-58(34-48-14-13-47-15-16-50(75)36-54(47)48)68(96)85-59(35-49-40-81-56-20-17-51(76)37-55(49)56)69(97)87-61(39-65(92)93)71(99)86-60(38-63-78-23-24-79-63)70(98)88-62(33-44-11-18-53(102-6)19-12-44)72(100)89-26-9-22-74(89,2)73(101)80-25-29-104-42-46-30-45(31-52(77)32-46)41-103-28-21-64(91)83-57(67(95)82-43)10-7-8-27-90(3,4)5/h11-12,14-20,23-24,30-32,36-37,40,43,57-62,81H,7-10,13,21-22,25-29,33-35,38-39,41-42H2,1-6H3,(H9-,78,79,80,82,83,84,85,86,87,88,91,92,93,94,95,96,97,98,99,101)/p+1/t43-,57+,58+,59+,60+,61+,62+,74+/m1/s1. The second-order valence-electron chi connectivity index (χ2n) is 27.6. The van der Waals surface area contributed by atoms with Crippen LogP contribution in [0.2, 0.25) is 0 Å². The molecule has 2 bridgehead atoms. The first-order chi connectivity index (χ1) is 49.6. The monoisotopic (exact) mass is 1470 g/mol. The largest absolute Gasteiger partial charge is 0.497 e. The van der Waals surface area contributed by atoms with Crippen molar-refractivity contribution in [2.24, 2.45) is 0 Å². The predicted molar refractivity (Wildman–Crippen MR) is 388 cm³/mol. The highest BCUT2D eigenvalue weighted by Crippen LogP contribution is 2.33. The van der Waals surface area contributed by atoms with Crippen LogP contribution < -0.4 is 47.3 Å². The number of imidazole rings is 1. The number of thioether (sulfide) groups is 2. The number of nitrogens with one attached hydrogen (secondary N) is 10. The molecular formula is C74H91F3N13O12S2+. The summed E-state index contributed by atoms with van der Waals surface area (Å²) in [5, 5.41) is 32.4. The van der Waals surface area contributed by atoms with Gasteiger partial charge < -0.3 is 71.7 Å². The van der Waals surface area contributed by atoms with E-state index in [4.69, 9.17) is 4.74 Å². The highest BCUT2D eigenvalue weighted by molar-refractivity contribution is 7.98. The van der Waals surface area contributed by atoms with Crippen LogP contribution in [0.4, 0.5) is 13.2 Å². The third kappa shape index (κ3) is 21.9. The molecule has 0 radical (unpaired) electrons. The first-order valence-electron chi connectivity index (χ1n) is 34.6. The first kappa shape index (κ1) is 78.5. The zero-order valence-electron chi connectivity index (χ0n) is 59.0. The number of hydrogen-bond acceptors (Lipinski definition) is 14. The Morgan fingerprint density at radius 3 is 2.00 bits per heavy atom. The van der Waals surface area contributed by atoms with Crippen LogP contribution in [0.25, 0.3) is 16.5 Å². The second kappa shape index (κ2) is 36.2. The zero-order valence-corrected chi connectivity index (χ0v) is 60.7. The summed E-state index contributed by atoms with van der Waals surface area (Å²) in [7, 11) is 7.55. The maximum atomic E-state index is 15.3. The maximum absolute atomic E-state index is 15.3. The van der Waals surface area contributed by atoms with Gasteiger partial charge in [0.05, 0.1) is 41.2 Å². The minimum absolute atomic E-state index is 0.0187.